The predicted octanol–water partition coefficient (Wildman–Crippen LogP) is -0.373. The van der Waals surface area contributed by atoms with Crippen LogP contribution < -0.4 is 11.1 Å². The van der Waals surface area contributed by atoms with E-state index in [0.29, 0.717) is 26.1 Å². The number of carbonyl (C=O) groups is 1. The van der Waals surface area contributed by atoms with Crippen molar-refractivity contribution >= 4 is 5.91 Å². The van der Waals surface area contributed by atoms with Crippen molar-refractivity contribution in [3.63, 3.8) is 0 Å². The van der Waals surface area contributed by atoms with Crippen LogP contribution in [0.3, 0.4) is 0 Å². The normalized spacial score (nSPS) is 21.8. The average Bonchev–Trinajstić information content (AvgIpc) is 2.26. The number of carbonyl (C=O) groups excluding carboxylic acids is 1. The second kappa shape index (κ2) is 5.61. The Morgan fingerprint density at radius 2 is 2.06 bits per heavy atom. The van der Waals surface area contributed by atoms with Crippen LogP contribution >= 0.6 is 0 Å². The molecular formula is C11H22N2O3. The quantitative estimate of drug-likeness (QED) is 0.615. The van der Waals surface area contributed by atoms with E-state index < -0.39 is 5.54 Å². The number of nitrogens with one attached hydrogen (secondary N) is 1. The third-order valence-electron chi connectivity index (χ3n) is 3.16. The zero-order valence-corrected chi connectivity index (χ0v) is 10.0. The van der Waals surface area contributed by atoms with Crippen LogP contribution in [0.2, 0.25) is 0 Å². The zero-order chi connectivity index (χ0) is 12.2. The lowest BCUT2D eigenvalue weighted by atomic mass is 9.89. The first kappa shape index (κ1) is 13.4. The molecule has 1 fully saturated rings. The Morgan fingerprint density at radius 1 is 1.50 bits per heavy atom. The fourth-order valence-corrected chi connectivity index (χ4v) is 1.70. The minimum absolute atomic E-state index is 0.0595. The maximum Gasteiger partial charge on any atom is 0.240 e. The summed E-state index contributed by atoms with van der Waals surface area (Å²) in [5.74, 6) is 0.0148. The van der Waals surface area contributed by atoms with Gasteiger partial charge in [0.2, 0.25) is 5.91 Å². The Labute approximate surface area is 96.3 Å². The molecule has 4 N–H and O–H groups in total. The first-order chi connectivity index (χ1) is 7.49. The molecule has 94 valence electrons. The monoisotopic (exact) mass is 230 g/mol. The van der Waals surface area contributed by atoms with Gasteiger partial charge in [0, 0.05) is 13.2 Å². The fraction of sp³-hybridized carbons (Fsp3) is 0.909. The lowest BCUT2D eigenvalue weighted by molar-refractivity contribution is -0.131. The van der Waals surface area contributed by atoms with Gasteiger partial charge in [-0.15, -0.1) is 0 Å². The molecule has 1 rings (SSSR count). The van der Waals surface area contributed by atoms with E-state index in [4.69, 9.17) is 15.6 Å². The van der Waals surface area contributed by atoms with Crippen LogP contribution in [0.15, 0.2) is 0 Å². The molecule has 0 saturated carbocycles. The van der Waals surface area contributed by atoms with Crippen LogP contribution in [0, 0.1) is 5.92 Å². The van der Waals surface area contributed by atoms with E-state index in [2.05, 4.69) is 5.32 Å². The SMILES string of the molecule is CC(C)C(CO)NC(=O)C1(N)CCOCC1. The highest BCUT2D eigenvalue weighted by Gasteiger charge is 2.36. The summed E-state index contributed by atoms with van der Waals surface area (Å²) < 4.78 is 5.18. The Morgan fingerprint density at radius 3 is 2.50 bits per heavy atom. The molecule has 1 aliphatic heterocycles. The molecule has 1 unspecified atom stereocenters. The fourth-order valence-electron chi connectivity index (χ4n) is 1.70. The number of hydrogen-bond donors (Lipinski definition) is 3. The van der Waals surface area contributed by atoms with E-state index in [-0.39, 0.29) is 24.5 Å². The van der Waals surface area contributed by atoms with Gasteiger partial charge >= 0.3 is 0 Å². The summed E-state index contributed by atoms with van der Waals surface area (Å²) in [6, 6.07) is -0.226. The van der Waals surface area contributed by atoms with Gasteiger partial charge in [0.05, 0.1) is 18.2 Å². The topological polar surface area (TPSA) is 84.6 Å². The molecule has 0 aliphatic carbocycles. The number of rotatable bonds is 4. The number of aliphatic hydroxyl groups excluding tert-OH is 1. The third-order valence-corrected chi connectivity index (χ3v) is 3.16. The van der Waals surface area contributed by atoms with E-state index in [1.165, 1.54) is 0 Å². The molecule has 1 atom stereocenters. The highest BCUT2D eigenvalue weighted by atomic mass is 16.5. The largest absolute Gasteiger partial charge is 0.394 e. The van der Waals surface area contributed by atoms with Crippen molar-refractivity contribution in [1.82, 2.24) is 5.32 Å². The second-order valence-corrected chi connectivity index (χ2v) is 4.78. The van der Waals surface area contributed by atoms with Crippen molar-refractivity contribution in [2.45, 2.75) is 38.3 Å². The van der Waals surface area contributed by atoms with E-state index in [1.807, 2.05) is 13.8 Å². The van der Waals surface area contributed by atoms with Crippen LogP contribution in [0.4, 0.5) is 0 Å². The summed E-state index contributed by atoms with van der Waals surface area (Å²) in [6.07, 6.45) is 1.07. The van der Waals surface area contributed by atoms with Crippen LogP contribution in [-0.4, -0.2) is 42.4 Å². The lowest BCUT2D eigenvalue weighted by Gasteiger charge is -2.34. The minimum Gasteiger partial charge on any atom is -0.394 e. The Hall–Kier alpha value is -0.650. The molecule has 0 radical (unpaired) electrons. The number of nitrogens with two attached hydrogens (primary N) is 1. The van der Waals surface area contributed by atoms with Crippen molar-refractivity contribution in [2.24, 2.45) is 11.7 Å². The summed E-state index contributed by atoms with van der Waals surface area (Å²) in [7, 11) is 0. The molecule has 0 spiro atoms. The Balaban J connectivity index is 2.55. The average molecular weight is 230 g/mol. The Bertz CT molecular complexity index is 237. The van der Waals surface area contributed by atoms with Gasteiger partial charge in [-0.25, -0.2) is 0 Å². The van der Waals surface area contributed by atoms with Gasteiger partial charge in [-0.2, -0.15) is 0 Å². The molecular weight excluding hydrogens is 208 g/mol. The van der Waals surface area contributed by atoms with Crippen molar-refractivity contribution in [2.75, 3.05) is 19.8 Å². The highest BCUT2D eigenvalue weighted by molar-refractivity contribution is 5.86. The lowest BCUT2D eigenvalue weighted by Crippen LogP contribution is -2.59. The van der Waals surface area contributed by atoms with E-state index in [9.17, 15) is 4.79 Å². The highest BCUT2D eigenvalue weighted by Crippen LogP contribution is 2.18. The molecule has 5 nitrogen and oxygen atoms in total. The van der Waals surface area contributed by atoms with Gasteiger partial charge in [-0.05, 0) is 18.8 Å². The summed E-state index contributed by atoms with van der Waals surface area (Å²) >= 11 is 0. The predicted molar refractivity (Wildman–Crippen MR) is 60.8 cm³/mol. The van der Waals surface area contributed by atoms with Crippen molar-refractivity contribution in [3.8, 4) is 0 Å². The number of ether oxygens (including phenoxy) is 1. The van der Waals surface area contributed by atoms with Gasteiger partial charge in [0.25, 0.3) is 0 Å². The molecule has 1 saturated heterocycles. The van der Waals surface area contributed by atoms with Gasteiger partial charge in [0.15, 0.2) is 0 Å². The standard InChI is InChI=1S/C11H22N2O3/c1-8(2)9(7-14)13-10(15)11(12)3-5-16-6-4-11/h8-9,14H,3-7,12H2,1-2H3,(H,13,15). The summed E-state index contributed by atoms with van der Waals surface area (Å²) in [5.41, 5.74) is 5.20. The van der Waals surface area contributed by atoms with Gasteiger partial charge < -0.3 is 20.9 Å². The van der Waals surface area contributed by atoms with Crippen molar-refractivity contribution in [1.29, 1.82) is 0 Å². The van der Waals surface area contributed by atoms with Crippen LogP contribution in [0.25, 0.3) is 0 Å². The minimum atomic E-state index is -0.833. The molecule has 16 heavy (non-hydrogen) atoms. The van der Waals surface area contributed by atoms with Gasteiger partial charge in [-0.3, -0.25) is 4.79 Å². The maximum atomic E-state index is 12.0. The molecule has 1 heterocycles. The Kier molecular flexibility index (Phi) is 4.70. The number of aliphatic hydroxyl groups is 1. The van der Waals surface area contributed by atoms with E-state index >= 15 is 0 Å². The molecule has 0 aromatic rings. The summed E-state index contributed by atoms with van der Waals surface area (Å²) in [5, 5.41) is 12.0. The molecule has 0 aromatic carbocycles. The van der Waals surface area contributed by atoms with Crippen LogP contribution in [-0.2, 0) is 9.53 Å². The van der Waals surface area contributed by atoms with Gasteiger partial charge in [0.1, 0.15) is 0 Å². The van der Waals surface area contributed by atoms with E-state index in [1.54, 1.807) is 0 Å². The first-order valence-corrected chi connectivity index (χ1v) is 5.78. The molecule has 5 heteroatoms. The summed E-state index contributed by atoms with van der Waals surface area (Å²) in [6.45, 7) is 4.89. The van der Waals surface area contributed by atoms with Crippen molar-refractivity contribution in [3.05, 3.63) is 0 Å². The second-order valence-electron chi connectivity index (χ2n) is 4.78. The molecule has 0 bridgehead atoms. The van der Waals surface area contributed by atoms with Crippen LogP contribution in [0.5, 0.6) is 0 Å². The zero-order valence-electron chi connectivity index (χ0n) is 10.0. The third kappa shape index (κ3) is 3.17. The van der Waals surface area contributed by atoms with Crippen LogP contribution in [0.1, 0.15) is 26.7 Å². The smallest absolute Gasteiger partial charge is 0.240 e. The number of hydrogen-bond acceptors (Lipinski definition) is 4. The molecule has 1 aliphatic rings. The first-order valence-electron chi connectivity index (χ1n) is 5.78. The van der Waals surface area contributed by atoms with E-state index in [0.717, 1.165) is 0 Å². The number of amides is 1. The molecule has 0 aromatic heterocycles. The summed E-state index contributed by atoms with van der Waals surface area (Å²) in [4.78, 5) is 12.0. The van der Waals surface area contributed by atoms with Gasteiger partial charge in [-0.1, -0.05) is 13.8 Å². The maximum absolute atomic E-state index is 12.0. The molecule has 1 amide bonds. The van der Waals surface area contributed by atoms with Crippen molar-refractivity contribution < 1.29 is 14.6 Å².